The van der Waals surface area contributed by atoms with Crippen LogP contribution in [0.2, 0.25) is 0 Å². The quantitative estimate of drug-likeness (QED) is 0.440. The summed E-state index contributed by atoms with van der Waals surface area (Å²) in [6.07, 6.45) is 4.27. The zero-order chi connectivity index (χ0) is 21.3. The number of nitrogens with one attached hydrogen (secondary N) is 1. The molecule has 0 radical (unpaired) electrons. The lowest BCUT2D eigenvalue weighted by Crippen LogP contribution is -2.46. The number of hydrogen-bond donors (Lipinski definition) is 1. The van der Waals surface area contributed by atoms with E-state index in [2.05, 4.69) is 53.2 Å². The first-order valence-electron chi connectivity index (χ1n) is 11.5. The second kappa shape index (κ2) is 11.3. The van der Waals surface area contributed by atoms with Crippen LogP contribution in [0, 0.1) is 11.8 Å². The van der Waals surface area contributed by atoms with E-state index < -0.39 is 0 Å². The smallest absolute Gasteiger partial charge is 0.308 e. The normalized spacial score (nSPS) is 19.7. The Labute approximate surface area is 181 Å². The van der Waals surface area contributed by atoms with Crippen LogP contribution in [0.3, 0.4) is 0 Å². The summed E-state index contributed by atoms with van der Waals surface area (Å²) in [7, 11) is 1.47. The number of esters is 1. The molecule has 2 aliphatic heterocycles. The average molecular weight is 415 g/mol. The van der Waals surface area contributed by atoms with Crippen molar-refractivity contribution in [2.75, 3.05) is 39.8 Å². The van der Waals surface area contributed by atoms with Gasteiger partial charge in [-0.25, -0.2) is 4.99 Å². The third-order valence-corrected chi connectivity index (χ3v) is 6.38. The molecule has 1 N–H and O–H groups in total. The number of likely N-dealkylation sites (tertiary alicyclic amines) is 2. The van der Waals surface area contributed by atoms with Gasteiger partial charge in [0.2, 0.25) is 0 Å². The van der Waals surface area contributed by atoms with Gasteiger partial charge in [-0.15, -0.1) is 0 Å². The summed E-state index contributed by atoms with van der Waals surface area (Å²) in [6, 6.07) is 8.91. The van der Waals surface area contributed by atoms with Crippen molar-refractivity contribution in [3.8, 4) is 0 Å². The summed E-state index contributed by atoms with van der Waals surface area (Å²) in [6.45, 7) is 11.1. The largest absolute Gasteiger partial charge is 0.469 e. The zero-order valence-electron chi connectivity index (χ0n) is 18.9. The first kappa shape index (κ1) is 22.6. The van der Waals surface area contributed by atoms with Gasteiger partial charge in [-0.05, 0) is 62.7 Å². The van der Waals surface area contributed by atoms with Gasteiger partial charge in [0, 0.05) is 26.2 Å². The van der Waals surface area contributed by atoms with Gasteiger partial charge in [-0.3, -0.25) is 9.69 Å². The molecule has 30 heavy (non-hydrogen) atoms. The maximum Gasteiger partial charge on any atom is 0.308 e. The number of ether oxygens (including phenoxy) is 1. The molecule has 6 heteroatoms. The minimum absolute atomic E-state index is 0.0183. The van der Waals surface area contributed by atoms with Crippen molar-refractivity contribution < 1.29 is 9.53 Å². The molecule has 166 valence electrons. The van der Waals surface area contributed by atoms with Crippen molar-refractivity contribution in [3.05, 3.63) is 35.4 Å². The first-order valence-corrected chi connectivity index (χ1v) is 11.5. The zero-order valence-corrected chi connectivity index (χ0v) is 18.9. The summed E-state index contributed by atoms with van der Waals surface area (Å²) in [4.78, 5) is 21.4. The fraction of sp³-hybridized carbons (Fsp3) is 0.667. The highest BCUT2D eigenvalue weighted by atomic mass is 16.5. The Morgan fingerprint density at radius 2 is 1.70 bits per heavy atom. The van der Waals surface area contributed by atoms with E-state index in [1.807, 2.05) is 0 Å². The maximum atomic E-state index is 11.8. The molecule has 0 aliphatic carbocycles. The van der Waals surface area contributed by atoms with Gasteiger partial charge in [0.15, 0.2) is 5.96 Å². The number of benzene rings is 1. The van der Waals surface area contributed by atoms with E-state index in [0.29, 0.717) is 6.54 Å². The van der Waals surface area contributed by atoms with Gasteiger partial charge in [-0.1, -0.05) is 31.2 Å². The molecule has 0 saturated carbocycles. The fourth-order valence-electron chi connectivity index (χ4n) is 4.31. The summed E-state index contributed by atoms with van der Waals surface area (Å²) >= 11 is 0. The van der Waals surface area contributed by atoms with Crippen molar-refractivity contribution >= 4 is 11.9 Å². The fourth-order valence-corrected chi connectivity index (χ4v) is 4.31. The Bertz CT molecular complexity index is 688. The lowest BCUT2D eigenvalue weighted by atomic mass is 9.97. The SMILES string of the molecule is CCNC(=NCc1ccc(CN2CCC(C)CC2)cc1)N1CCC(C(=O)OC)CC1. The molecule has 1 aromatic rings. The summed E-state index contributed by atoms with van der Waals surface area (Å²) in [5, 5.41) is 3.40. The third kappa shape index (κ3) is 6.46. The van der Waals surface area contributed by atoms with Crippen LogP contribution in [-0.2, 0) is 22.6 Å². The maximum absolute atomic E-state index is 11.8. The molecule has 0 aromatic heterocycles. The molecule has 3 rings (SSSR count). The molecule has 2 heterocycles. The third-order valence-electron chi connectivity index (χ3n) is 6.38. The van der Waals surface area contributed by atoms with Gasteiger partial charge in [0.25, 0.3) is 0 Å². The summed E-state index contributed by atoms with van der Waals surface area (Å²) in [5.41, 5.74) is 2.61. The molecule has 0 atom stereocenters. The Morgan fingerprint density at radius 3 is 2.30 bits per heavy atom. The number of guanidine groups is 1. The monoisotopic (exact) mass is 414 g/mol. The predicted octanol–water partition coefficient (Wildman–Crippen LogP) is 3.27. The second-order valence-electron chi connectivity index (χ2n) is 8.73. The van der Waals surface area contributed by atoms with Crippen LogP contribution in [0.25, 0.3) is 0 Å². The Morgan fingerprint density at radius 1 is 1.07 bits per heavy atom. The van der Waals surface area contributed by atoms with Gasteiger partial charge < -0.3 is 15.0 Å². The summed E-state index contributed by atoms with van der Waals surface area (Å²) < 4.78 is 4.89. The van der Waals surface area contributed by atoms with Crippen molar-refractivity contribution in [3.63, 3.8) is 0 Å². The molecule has 0 amide bonds. The molecular weight excluding hydrogens is 376 g/mol. The van der Waals surface area contributed by atoms with E-state index in [4.69, 9.17) is 9.73 Å². The van der Waals surface area contributed by atoms with E-state index in [9.17, 15) is 4.79 Å². The average Bonchev–Trinajstić information content (AvgIpc) is 2.79. The number of rotatable bonds is 6. The van der Waals surface area contributed by atoms with Crippen molar-refractivity contribution in [2.24, 2.45) is 16.8 Å². The van der Waals surface area contributed by atoms with E-state index in [-0.39, 0.29) is 11.9 Å². The Kier molecular flexibility index (Phi) is 8.55. The van der Waals surface area contributed by atoms with E-state index in [0.717, 1.165) is 50.9 Å². The molecular formula is C24H38N4O2. The molecule has 1 aromatic carbocycles. The van der Waals surface area contributed by atoms with Crippen LogP contribution in [0.1, 0.15) is 50.7 Å². The number of nitrogens with zero attached hydrogens (tertiary/aromatic N) is 3. The van der Waals surface area contributed by atoms with Crippen molar-refractivity contribution in [2.45, 2.75) is 52.6 Å². The van der Waals surface area contributed by atoms with E-state index in [1.165, 1.54) is 44.2 Å². The van der Waals surface area contributed by atoms with Crippen LogP contribution in [0.15, 0.2) is 29.3 Å². The molecule has 6 nitrogen and oxygen atoms in total. The molecule has 0 unspecified atom stereocenters. The van der Waals surface area contributed by atoms with E-state index >= 15 is 0 Å². The standard InChI is InChI=1S/C24H38N4O2/c1-4-25-24(28-15-11-22(12-16-28)23(29)30-3)26-17-20-5-7-21(8-6-20)18-27-13-9-19(2)10-14-27/h5-8,19,22H,4,9-18H2,1-3H3,(H,25,26). The molecule has 0 bridgehead atoms. The number of aliphatic imine (C=N–C) groups is 1. The Hall–Kier alpha value is -2.08. The number of carbonyl (C=O) groups is 1. The second-order valence-corrected chi connectivity index (χ2v) is 8.73. The number of methoxy groups -OCH3 is 1. The minimum atomic E-state index is -0.0873. The molecule has 2 saturated heterocycles. The Balaban J connectivity index is 1.52. The molecule has 2 aliphatic rings. The number of hydrogen-bond acceptors (Lipinski definition) is 4. The summed E-state index contributed by atoms with van der Waals surface area (Å²) in [5.74, 6) is 1.74. The highest BCUT2D eigenvalue weighted by molar-refractivity contribution is 5.80. The topological polar surface area (TPSA) is 57.2 Å². The van der Waals surface area contributed by atoms with Gasteiger partial charge in [0.1, 0.15) is 0 Å². The number of carbonyl (C=O) groups excluding carboxylic acids is 1. The lowest BCUT2D eigenvalue weighted by Gasteiger charge is -2.33. The first-order chi connectivity index (χ1) is 14.6. The van der Waals surface area contributed by atoms with Gasteiger partial charge in [0.05, 0.1) is 19.6 Å². The van der Waals surface area contributed by atoms with E-state index in [1.54, 1.807) is 0 Å². The molecule has 2 fully saturated rings. The predicted molar refractivity (Wildman–Crippen MR) is 121 cm³/mol. The van der Waals surface area contributed by atoms with Crippen LogP contribution < -0.4 is 5.32 Å². The highest BCUT2D eigenvalue weighted by Gasteiger charge is 2.27. The van der Waals surface area contributed by atoms with Crippen molar-refractivity contribution in [1.29, 1.82) is 0 Å². The van der Waals surface area contributed by atoms with Crippen LogP contribution in [-0.4, -0.2) is 61.6 Å². The minimum Gasteiger partial charge on any atom is -0.469 e. The van der Waals surface area contributed by atoms with Crippen LogP contribution in [0.4, 0.5) is 0 Å². The number of piperidine rings is 2. The van der Waals surface area contributed by atoms with Gasteiger partial charge in [-0.2, -0.15) is 0 Å². The molecule has 0 spiro atoms. The highest BCUT2D eigenvalue weighted by Crippen LogP contribution is 2.20. The van der Waals surface area contributed by atoms with Crippen molar-refractivity contribution in [1.82, 2.24) is 15.1 Å². The lowest BCUT2D eigenvalue weighted by molar-refractivity contribution is -0.146. The van der Waals surface area contributed by atoms with Crippen LogP contribution in [0.5, 0.6) is 0 Å². The van der Waals surface area contributed by atoms with Gasteiger partial charge >= 0.3 is 5.97 Å². The van der Waals surface area contributed by atoms with Crippen LogP contribution >= 0.6 is 0 Å².